The quantitative estimate of drug-likeness (QED) is 0.861. The first kappa shape index (κ1) is 13.3. The molecule has 1 aromatic heterocycles. The van der Waals surface area contributed by atoms with E-state index in [9.17, 15) is 0 Å². The molecule has 1 heterocycles. The molecule has 0 saturated carbocycles. The number of nitrogens with zero attached hydrogens (tertiary/aromatic N) is 2. The van der Waals surface area contributed by atoms with Crippen LogP contribution in [0.25, 0.3) is 0 Å². The molecule has 0 aliphatic heterocycles. The normalized spacial score (nSPS) is 10.3. The highest BCUT2D eigenvalue weighted by molar-refractivity contribution is 5.57. The van der Waals surface area contributed by atoms with Gasteiger partial charge >= 0.3 is 0 Å². The fraction of sp³-hybridized carbons (Fsp3) is 0.286. The molecule has 0 radical (unpaired) electrons. The number of hydrogen-bond acceptors (Lipinski definition) is 5. The van der Waals surface area contributed by atoms with Gasteiger partial charge in [-0.3, -0.25) is 0 Å². The van der Waals surface area contributed by atoms with Gasteiger partial charge in [0, 0.05) is 29.7 Å². The zero-order valence-electron chi connectivity index (χ0n) is 11.2. The van der Waals surface area contributed by atoms with Gasteiger partial charge in [-0.2, -0.15) is 0 Å². The van der Waals surface area contributed by atoms with Crippen LogP contribution in [0.4, 0.5) is 11.6 Å². The van der Waals surface area contributed by atoms with Crippen molar-refractivity contribution in [3.8, 4) is 5.75 Å². The van der Waals surface area contributed by atoms with Crippen LogP contribution in [0.1, 0.15) is 18.2 Å². The Morgan fingerprint density at radius 2 is 2.16 bits per heavy atom. The number of nitrogens with two attached hydrogens (primary N) is 1. The van der Waals surface area contributed by atoms with Crippen molar-refractivity contribution in [3.63, 3.8) is 0 Å². The highest BCUT2D eigenvalue weighted by atomic mass is 16.5. The number of ether oxygens (including phenoxy) is 1. The third-order valence-electron chi connectivity index (χ3n) is 2.63. The standard InChI is InChI=1S/C14H18N4O/c1-3-19-13-5-4-12(8-11(13)9-15)18-14-16-7-6-10(2)17-14/h4-8H,3,9,15H2,1-2H3,(H,16,17,18). The van der Waals surface area contributed by atoms with Crippen LogP contribution in [0, 0.1) is 6.92 Å². The van der Waals surface area contributed by atoms with E-state index in [0.29, 0.717) is 19.1 Å². The van der Waals surface area contributed by atoms with Crippen LogP contribution in [0.3, 0.4) is 0 Å². The summed E-state index contributed by atoms with van der Waals surface area (Å²) in [5.74, 6) is 1.40. The Kier molecular flexibility index (Phi) is 4.30. The Labute approximate surface area is 112 Å². The van der Waals surface area contributed by atoms with Crippen molar-refractivity contribution in [1.29, 1.82) is 0 Å². The van der Waals surface area contributed by atoms with E-state index in [1.807, 2.05) is 38.1 Å². The minimum atomic E-state index is 0.430. The van der Waals surface area contributed by atoms with Crippen LogP contribution < -0.4 is 15.8 Å². The summed E-state index contributed by atoms with van der Waals surface area (Å²) < 4.78 is 5.51. The average Bonchev–Trinajstić information content (AvgIpc) is 2.41. The third kappa shape index (κ3) is 3.42. The molecule has 0 atom stereocenters. The van der Waals surface area contributed by atoms with Crippen LogP contribution in [0.5, 0.6) is 5.75 Å². The SMILES string of the molecule is CCOc1ccc(Nc2nccc(C)n2)cc1CN. The lowest BCUT2D eigenvalue weighted by molar-refractivity contribution is 0.336. The van der Waals surface area contributed by atoms with E-state index in [1.165, 1.54) is 0 Å². The lowest BCUT2D eigenvalue weighted by Crippen LogP contribution is -2.04. The fourth-order valence-corrected chi connectivity index (χ4v) is 1.75. The van der Waals surface area contributed by atoms with Crippen molar-refractivity contribution in [3.05, 3.63) is 41.7 Å². The molecule has 3 N–H and O–H groups in total. The molecule has 19 heavy (non-hydrogen) atoms. The zero-order valence-corrected chi connectivity index (χ0v) is 11.2. The summed E-state index contributed by atoms with van der Waals surface area (Å²) >= 11 is 0. The van der Waals surface area contributed by atoms with Crippen LogP contribution in [0.2, 0.25) is 0 Å². The van der Waals surface area contributed by atoms with E-state index in [-0.39, 0.29) is 0 Å². The van der Waals surface area contributed by atoms with E-state index >= 15 is 0 Å². The fourth-order valence-electron chi connectivity index (χ4n) is 1.75. The molecule has 2 rings (SSSR count). The minimum absolute atomic E-state index is 0.430. The number of aromatic nitrogens is 2. The molecule has 5 nitrogen and oxygen atoms in total. The molecule has 2 aromatic rings. The molecule has 0 spiro atoms. The van der Waals surface area contributed by atoms with Crippen molar-refractivity contribution < 1.29 is 4.74 Å². The Morgan fingerprint density at radius 3 is 2.84 bits per heavy atom. The largest absolute Gasteiger partial charge is 0.494 e. The van der Waals surface area contributed by atoms with Gasteiger partial charge in [0.15, 0.2) is 0 Å². The number of benzene rings is 1. The molecule has 0 saturated heterocycles. The van der Waals surface area contributed by atoms with Crippen molar-refractivity contribution >= 4 is 11.6 Å². The van der Waals surface area contributed by atoms with Crippen LogP contribution in [-0.4, -0.2) is 16.6 Å². The third-order valence-corrected chi connectivity index (χ3v) is 2.63. The van der Waals surface area contributed by atoms with E-state index in [4.69, 9.17) is 10.5 Å². The summed E-state index contributed by atoms with van der Waals surface area (Å²) in [5, 5.41) is 3.16. The van der Waals surface area contributed by atoms with E-state index in [0.717, 1.165) is 22.7 Å². The highest BCUT2D eigenvalue weighted by Crippen LogP contribution is 2.24. The van der Waals surface area contributed by atoms with Crippen LogP contribution >= 0.6 is 0 Å². The second-order valence-corrected chi connectivity index (χ2v) is 4.11. The molecule has 0 aliphatic rings. The summed E-state index contributed by atoms with van der Waals surface area (Å²) in [7, 11) is 0. The minimum Gasteiger partial charge on any atom is -0.494 e. The molecular formula is C14H18N4O. The van der Waals surface area contributed by atoms with Gasteiger partial charge in [-0.15, -0.1) is 0 Å². The van der Waals surface area contributed by atoms with Crippen molar-refractivity contribution in [2.75, 3.05) is 11.9 Å². The number of rotatable bonds is 5. The molecular weight excluding hydrogens is 240 g/mol. The van der Waals surface area contributed by atoms with Crippen molar-refractivity contribution in [2.45, 2.75) is 20.4 Å². The van der Waals surface area contributed by atoms with E-state index < -0.39 is 0 Å². The first-order chi connectivity index (χ1) is 9.22. The molecule has 0 unspecified atom stereocenters. The molecule has 0 fully saturated rings. The van der Waals surface area contributed by atoms with Crippen LogP contribution in [0.15, 0.2) is 30.5 Å². The van der Waals surface area contributed by atoms with Crippen molar-refractivity contribution in [1.82, 2.24) is 9.97 Å². The summed E-state index contributed by atoms with van der Waals surface area (Å²) in [6.07, 6.45) is 1.73. The van der Waals surface area contributed by atoms with Gasteiger partial charge in [0.25, 0.3) is 0 Å². The van der Waals surface area contributed by atoms with Gasteiger partial charge in [0.2, 0.25) is 5.95 Å². The number of anilines is 2. The van der Waals surface area contributed by atoms with Gasteiger partial charge in [-0.1, -0.05) is 0 Å². The highest BCUT2D eigenvalue weighted by Gasteiger charge is 2.04. The van der Waals surface area contributed by atoms with E-state index in [1.54, 1.807) is 6.20 Å². The monoisotopic (exact) mass is 258 g/mol. The smallest absolute Gasteiger partial charge is 0.227 e. The number of aryl methyl sites for hydroxylation is 1. The summed E-state index contributed by atoms with van der Waals surface area (Å²) in [6.45, 7) is 4.93. The molecule has 0 aliphatic carbocycles. The number of nitrogens with one attached hydrogen (secondary N) is 1. The molecule has 5 heteroatoms. The van der Waals surface area contributed by atoms with Crippen LogP contribution in [-0.2, 0) is 6.54 Å². The summed E-state index contributed by atoms with van der Waals surface area (Å²) in [6, 6.07) is 7.64. The van der Waals surface area contributed by atoms with Gasteiger partial charge in [-0.25, -0.2) is 9.97 Å². The molecule has 0 bridgehead atoms. The predicted molar refractivity (Wildman–Crippen MR) is 75.6 cm³/mol. The maximum Gasteiger partial charge on any atom is 0.227 e. The lowest BCUT2D eigenvalue weighted by Gasteiger charge is -2.11. The zero-order chi connectivity index (χ0) is 13.7. The Morgan fingerprint density at radius 1 is 1.32 bits per heavy atom. The topological polar surface area (TPSA) is 73.1 Å². The maximum atomic E-state index is 5.73. The second kappa shape index (κ2) is 6.15. The van der Waals surface area contributed by atoms with Crippen molar-refractivity contribution in [2.24, 2.45) is 5.73 Å². The number of hydrogen-bond donors (Lipinski definition) is 2. The average molecular weight is 258 g/mol. The lowest BCUT2D eigenvalue weighted by atomic mass is 10.2. The first-order valence-corrected chi connectivity index (χ1v) is 6.25. The Hall–Kier alpha value is -2.14. The molecule has 100 valence electrons. The van der Waals surface area contributed by atoms with E-state index in [2.05, 4.69) is 15.3 Å². The van der Waals surface area contributed by atoms with Gasteiger partial charge in [0.05, 0.1) is 6.61 Å². The molecule has 0 amide bonds. The molecule has 1 aromatic carbocycles. The Bertz CT molecular complexity index is 557. The summed E-state index contributed by atoms with van der Waals surface area (Å²) in [5.41, 5.74) is 8.50. The first-order valence-electron chi connectivity index (χ1n) is 6.25. The summed E-state index contributed by atoms with van der Waals surface area (Å²) in [4.78, 5) is 8.46. The van der Waals surface area contributed by atoms with Gasteiger partial charge < -0.3 is 15.8 Å². The van der Waals surface area contributed by atoms with Gasteiger partial charge in [0.1, 0.15) is 5.75 Å². The Balaban J connectivity index is 2.21. The predicted octanol–water partition coefficient (Wildman–Crippen LogP) is 2.39. The van der Waals surface area contributed by atoms with Gasteiger partial charge in [-0.05, 0) is 38.1 Å². The second-order valence-electron chi connectivity index (χ2n) is 4.11. The maximum absolute atomic E-state index is 5.73.